The fourth-order valence-electron chi connectivity index (χ4n) is 1.77. The van der Waals surface area contributed by atoms with Gasteiger partial charge in [0.15, 0.2) is 0 Å². The fourth-order valence-corrected chi connectivity index (χ4v) is 3.10. The number of aliphatic hydroxyl groups is 1. The molecule has 0 aromatic heterocycles. The van der Waals surface area contributed by atoms with Crippen LogP contribution >= 0.6 is 0 Å². The summed E-state index contributed by atoms with van der Waals surface area (Å²) in [6.45, 7) is 0.429. The van der Waals surface area contributed by atoms with Gasteiger partial charge in [0, 0.05) is 12.6 Å². The van der Waals surface area contributed by atoms with E-state index in [4.69, 9.17) is 0 Å². The smallest absolute Gasteiger partial charge is 0.213 e. The summed E-state index contributed by atoms with van der Waals surface area (Å²) in [6, 6.07) is -0.291. The Balaban J connectivity index is 2.44. The normalized spacial score (nSPS) is 27.9. The Morgan fingerprint density at radius 1 is 1.33 bits per heavy atom. The molecule has 0 heterocycles. The Labute approximate surface area is 91.3 Å². The van der Waals surface area contributed by atoms with Gasteiger partial charge in [0.05, 0.1) is 11.9 Å². The molecule has 1 aliphatic rings. The van der Waals surface area contributed by atoms with Crippen LogP contribution in [-0.2, 0) is 10.0 Å². The molecular formula is C9H20N2O3S. The van der Waals surface area contributed by atoms with Gasteiger partial charge in [0.25, 0.3) is 0 Å². The Bertz CT molecular complexity index is 279. The third kappa shape index (κ3) is 4.46. The number of nitrogens with one attached hydrogen (secondary N) is 2. The number of rotatable bonds is 5. The third-order valence-electron chi connectivity index (χ3n) is 2.68. The Morgan fingerprint density at radius 3 is 2.60 bits per heavy atom. The molecule has 1 saturated carbocycles. The van der Waals surface area contributed by atoms with Crippen LogP contribution in [0.15, 0.2) is 0 Å². The minimum absolute atomic E-state index is 0.0622. The van der Waals surface area contributed by atoms with Crippen molar-refractivity contribution in [1.82, 2.24) is 10.0 Å². The molecule has 0 radical (unpaired) electrons. The van der Waals surface area contributed by atoms with Gasteiger partial charge in [0.2, 0.25) is 10.0 Å². The molecule has 1 fully saturated rings. The van der Waals surface area contributed by atoms with Gasteiger partial charge in [-0.3, -0.25) is 0 Å². The topological polar surface area (TPSA) is 78.4 Å². The van der Waals surface area contributed by atoms with Crippen LogP contribution < -0.4 is 10.0 Å². The van der Waals surface area contributed by atoms with E-state index in [0.717, 1.165) is 19.3 Å². The quantitative estimate of drug-likeness (QED) is 0.597. The second-order valence-corrected chi connectivity index (χ2v) is 5.87. The van der Waals surface area contributed by atoms with E-state index in [1.54, 1.807) is 7.05 Å². The zero-order valence-electron chi connectivity index (χ0n) is 9.07. The Morgan fingerprint density at radius 2 is 2.00 bits per heavy atom. The van der Waals surface area contributed by atoms with Gasteiger partial charge in [0.1, 0.15) is 0 Å². The first-order valence-corrected chi connectivity index (χ1v) is 7.03. The summed E-state index contributed by atoms with van der Waals surface area (Å²) < 4.78 is 25.6. The van der Waals surface area contributed by atoms with E-state index in [1.165, 1.54) is 0 Å². The van der Waals surface area contributed by atoms with Gasteiger partial charge < -0.3 is 10.4 Å². The van der Waals surface area contributed by atoms with E-state index in [-0.39, 0.29) is 11.8 Å². The highest BCUT2D eigenvalue weighted by Crippen LogP contribution is 2.18. The first-order chi connectivity index (χ1) is 7.05. The van der Waals surface area contributed by atoms with Crippen molar-refractivity contribution in [2.24, 2.45) is 0 Å². The lowest BCUT2D eigenvalue weighted by molar-refractivity contribution is 0.101. The van der Waals surface area contributed by atoms with Crippen LogP contribution in [0.3, 0.4) is 0 Å². The molecule has 15 heavy (non-hydrogen) atoms. The third-order valence-corrected chi connectivity index (χ3v) is 4.08. The summed E-state index contributed by atoms with van der Waals surface area (Å²) in [5.74, 6) is 0.0622. The molecule has 0 bridgehead atoms. The van der Waals surface area contributed by atoms with Gasteiger partial charge in [-0.25, -0.2) is 13.1 Å². The molecule has 3 N–H and O–H groups in total. The van der Waals surface area contributed by atoms with Crippen molar-refractivity contribution in [3.8, 4) is 0 Å². The van der Waals surface area contributed by atoms with Gasteiger partial charge in [-0.05, 0) is 19.9 Å². The van der Waals surface area contributed by atoms with E-state index in [1.807, 2.05) is 0 Å². The average molecular weight is 236 g/mol. The van der Waals surface area contributed by atoms with Crippen molar-refractivity contribution in [3.63, 3.8) is 0 Å². The van der Waals surface area contributed by atoms with Crippen LogP contribution in [0.25, 0.3) is 0 Å². The molecule has 0 aliphatic heterocycles. The van der Waals surface area contributed by atoms with Crippen LogP contribution in [0.4, 0.5) is 0 Å². The van der Waals surface area contributed by atoms with Crippen molar-refractivity contribution in [1.29, 1.82) is 0 Å². The molecule has 0 saturated heterocycles. The van der Waals surface area contributed by atoms with Gasteiger partial charge in [-0.1, -0.05) is 12.8 Å². The summed E-state index contributed by atoms with van der Waals surface area (Å²) in [7, 11) is -1.54. The van der Waals surface area contributed by atoms with E-state index in [9.17, 15) is 13.5 Å². The second kappa shape index (κ2) is 5.79. The molecule has 0 spiro atoms. The summed E-state index contributed by atoms with van der Waals surface area (Å²) in [4.78, 5) is 0. The minimum atomic E-state index is -3.25. The lowest BCUT2D eigenvalue weighted by atomic mass is 9.93. The van der Waals surface area contributed by atoms with E-state index in [2.05, 4.69) is 10.0 Å². The van der Waals surface area contributed by atoms with E-state index < -0.39 is 16.1 Å². The number of sulfonamides is 1. The van der Waals surface area contributed by atoms with Crippen LogP contribution in [-0.4, -0.2) is 45.0 Å². The molecule has 90 valence electrons. The van der Waals surface area contributed by atoms with Gasteiger partial charge >= 0.3 is 0 Å². The highest BCUT2D eigenvalue weighted by molar-refractivity contribution is 7.89. The zero-order valence-corrected chi connectivity index (χ0v) is 9.89. The summed E-state index contributed by atoms with van der Waals surface area (Å²) >= 11 is 0. The van der Waals surface area contributed by atoms with Crippen LogP contribution in [0, 0.1) is 0 Å². The summed E-state index contributed by atoms with van der Waals surface area (Å²) in [6.07, 6.45) is 2.87. The molecule has 2 atom stereocenters. The number of aliphatic hydroxyl groups excluding tert-OH is 1. The molecular weight excluding hydrogens is 216 g/mol. The highest BCUT2D eigenvalue weighted by Gasteiger charge is 2.26. The van der Waals surface area contributed by atoms with Crippen molar-refractivity contribution >= 4 is 10.0 Å². The SMILES string of the molecule is CNCCS(=O)(=O)NC1CCCCC1O. The molecule has 0 amide bonds. The van der Waals surface area contributed by atoms with E-state index >= 15 is 0 Å². The molecule has 0 aromatic carbocycles. The van der Waals surface area contributed by atoms with Gasteiger partial charge in [-0.2, -0.15) is 0 Å². The Hall–Kier alpha value is -0.170. The minimum Gasteiger partial charge on any atom is -0.391 e. The zero-order chi connectivity index (χ0) is 11.3. The van der Waals surface area contributed by atoms with Crippen LogP contribution in [0.2, 0.25) is 0 Å². The molecule has 6 heteroatoms. The highest BCUT2D eigenvalue weighted by atomic mass is 32.2. The van der Waals surface area contributed by atoms with Crippen molar-refractivity contribution < 1.29 is 13.5 Å². The molecule has 1 rings (SSSR count). The monoisotopic (exact) mass is 236 g/mol. The largest absolute Gasteiger partial charge is 0.391 e. The van der Waals surface area contributed by atoms with Crippen molar-refractivity contribution in [2.75, 3.05) is 19.3 Å². The van der Waals surface area contributed by atoms with Crippen molar-refractivity contribution in [3.05, 3.63) is 0 Å². The fraction of sp³-hybridized carbons (Fsp3) is 1.00. The maximum Gasteiger partial charge on any atom is 0.213 e. The molecule has 2 unspecified atom stereocenters. The standard InChI is InChI=1S/C9H20N2O3S/c1-10-6-7-15(13,14)11-8-4-2-3-5-9(8)12/h8-12H,2-7H2,1H3. The maximum atomic E-state index is 11.5. The second-order valence-electron chi connectivity index (χ2n) is 4.00. The number of hydrogen-bond acceptors (Lipinski definition) is 4. The van der Waals surface area contributed by atoms with Crippen LogP contribution in [0.5, 0.6) is 0 Å². The maximum absolute atomic E-state index is 11.5. The summed E-state index contributed by atoms with van der Waals surface area (Å²) in [5, 5.41) is 12.4. The van der Waals surface area contributed by atoms with Crippen LogP contribution in [0.1, 0.15) is 25.7 Å². The van der Waals surface area contributed by atoms with Crippen molar-refractivity contribution in [2.45, 2.75) is 37.8 Å². The average Bonchev–Trinajstić information content (AvgIpc) is 2.18. The Kier molecular flexibility index (Phi) is 4.98. The predicted octanol–water partition coefficient (Wildman–Crippen LogP) is -0.571. The van der Waals surface area contributed by atoms with E-state index in [0.29, 0.717) is 13.0 Å². The molecule has 0 aromatic rings. The summed E-state index contributed by atoms with van der Waals surface area (Å²) in [5.41, 5.74) is 0. The predicted molar refractivity (Wildman–Crippen MR) is 59.1 cm³/mol. The molecule has 1 aliphatic carbocycles. The van der Waals surface area contributed by atoms with Gasteiger partial charge in [-0.15, -0.1) is 0 Å². The number of hydrogen-bond donors (Lipinski definition) is 3. The first-order valence-electron chi connectivity index (χ1n) is 5.38. The first kappa shape index (κ1) is 12.9. The molecule has 5 nitrogen and oxygen atoms in total. The lowest BCUT2D eigenvalue weighted by Gasteiger charge is -2.28. The lowest BCUT2D eigenvalue weighted by Crippen LogP contribution is -2.46.